The molecule has 0 saturated carbocycles. The molecule has 6 nitrogen and oxygen atoms in total. The van der Waals surface area contributed by atoms with Gasteiger partial charge in [0.2, 0.25) is 11.1 Å². The van der Waals surface area contributed by atoms with Crippen LogP contribution >= 0.6 is 11.8 Å². The number of benzene rings is 2. The molecule has 0 atom stereocenters. The van der Waals surface area contributed by atoms with E-state index in [0.29, 0.717) is 10.8 Å². The molecule has 1 amide bonds. The largest absolute Gasteiger partial charge is 0.325 e. The molecule has 0 aliphatic rings. The highest BCUT2D eigenvalue weighted by molar-refractivity contribution is 7.99. The van der Waals surface area contributed by atoms with Crippen LogP contribution < -0.4 is 5.32 Å². The van der Waals surface area contributed by atoms with E-state index in [2.05, 4.69) is 20.8 Å². The summed E-state index contributed by atoms with van der Waals surface area (Å²) < 4.78 is 14.5. The number of halogens is 1. The summed E-state index contributed by atoms with van der Waals surface area (Å²) in [5.41, 5.74) is 3.56. The molecule has 0 aliphatic carbocycles. The SMILES string of the molecule is Cc1ccc(C)c(-n2nnnc2SCC(=O)Nc2ccc(F)cc2)c1. The van der Waals surface area contributed by atoms with Crippen molar-refractivity contribution < 1.29 is 9.18 Å². The van der Waals surface area contributed by atoms with Gasteiger partial charge in [0.05, 0.1) is 11.4 Å². The molecule has 128 valence electrons. The van der Waals surface area contributed by atoms with Crippen molar-refractivity contribution in [3.05, 3.63) is 59.4 Å². The third-order valence-electron chi connectivity index (χ3n) is 3.49. The first-order valence-corrected chi connectivity index (χ1v) is 8.56. The van der Waals surface area contributed by atoms with Gasteiger partial charge in [0.25, 0.3) is 0 Å². The molecule has 3 aromatic rings. The van der Waals surface area contributed by atoms with E-state index in [4.69, 9.17) is 0 Å². The van der Waals surface area contributed by atoms with Gasteiger partial charge >= 0.3 is 0 Å². The van der Waals surface area contributed by atoms with Crippen molar-refractivity contribution >= 4 is 23.4 Å². The fraction of sp³-hybridized carbons (Fsp3) is 0.176. The van der Waals surface area contributed by atoms with E-state index in [9.17, 15) is 9.18 Å². The smallest absolute Gasteiger partial charge is 0.234 e. The number of aryl methyl sites for hydroxylation is 2. The van der Waals surface area contributed by atoms with Crippen molar-refractivity contribution in [3.63, 3.8) is 0 Å². The van der Waals surface area contributed by atoms with Crippen LogP contribution in [0, 0.1) is 19.7 Å². The number of amides is 1. The molecular formula is C17H16FN5OS. The van der Waals surface area contributed by atoms with Gasteiger partial charge in [-0.15, -0.1) is 5.10 Å². The van der Waals surface area contributed by atoms with Gasteiger partial charge in [0, 0.05) is 5.69 Å². The highest BCUT2D eigenvalue weighted by Crippen LogP contribution is 2.21. The van der Waals surface area contributed by atoms with Gasteiger partial charge < -0.3 is 5.32 Å². The fourth-order valence-corrected chi connectivity index (χ4v) is 2.91. The van der Waals surface area contributed by atoms with Crippen LogP contribution in [-0.2, 0) is 4.79 Å². The van der Waals surface area contributed by atoms with Crippen LogP contribution in [0.15, 0.2) is 47.6 Å². The zero-order valence-electron chi connectivity index (χ0n) is 13.7. The minimum absolute atomic E-state index is 0.141. The van der Waals surface area contributed by atoms with Gasteiger partial charge in [0.1, 0.15) is 5.82 Å². The summed E-state index contributed by atoms with van der Waals surface area (Å²) in [4.78, 5) is 12.1. The van der Waals surface area contributed by atoms with Crippen molar-refractivity contribution in [2.24, 2.45) is 0 Å². The number of carbonyl (C=O) groups excluding carboxylic acids is 1. The second-order valence-corrected chi connectivity index (χ2v) is 6.45. The molecule has 3 rings (SSSR count). The molecule has 0 fully saturated rings. The summed E-state index contributed by atoms with van der Waals surface area (Å²) in [5.74, 6) is -0.421. The second-order valence-electron chi connectivity index (χ2n) is 5.51. The summed E-state index contributed by atoms with van der Waals surface area (Å²) in [6, 6.07) is 11.6. The lowest BCUT2D eigenvalue weighted by atomic mass is 10.1. The Bertz CT molecular complexity index is 894. The maximum absolute atomic E-state index is 12.9. The van der Waals surface area contributed by atoms with E-state index < -0.39 is 0 Å². The van der Waals surface area contributed by atoms with Crippen molar-refractivity contribution in [2.75, 3.05) is 11.1 Å². The molecule has 1 N–H and O–H groups in total. The normalized spacial score (nSPS) is 10.7. The predicted octanol–water partition coefficient (Wildman–Crippen LogP) is 3.15. The number of hydrogen-bond donors (Lipinski definition) is 1. The number of nitrogens with zero attached hydrogens (tertiary/aromatic N) is 4. The van der Waals surface area contributed by atoms with Gasteiger partial charge in [-0.25, -0.2) is 4.39 Å². The molecule has 2 aromatic carbocycles. The average molecular weight is 357 g/mol. The van der Waals surface area contributed by atoms with E-state index in [1.807, 2.05) is 32.0 Å². The maximum atomic E-state index is 12.9. The van der Waals surface area contributed by atoms with Crippen LogP contribution in [0.2, 0.25) is 0 Å². The van der Waals surface area contributed by atoms with Crippen LogP contribution in [0.25, 0.3) is 5.69 Å². The topological polar surface area (TPSA) is 72.7 Å². The first kappa shape index (κ1) is 17.1. The Hall–Kier alpha value is -2.74. The maximum Gasteiger partial charge on any atom is 0.234 e. The van der Waals surface area contributed by atoms with E-state index in [1.54, 1.807) is 4.68 Å². The number of nitrogens with one attached hydrogen (secondary N) is 1. The van der Waals surface area contributed by atoms with Crippen molar-refractivity contribution in [1.29, 1.82) is 0 Å². The Balaban J connectivity index is 1.68. The first-order chi connectivity index (χ1) is 12.0. The van der Waals surface area contributed by atoms with Crippen LogP contribution in [0.5, 0.6) is 0 Å². The Labute approximate surface area is 148 Å². The Morgan fingerprint density at radius 3 is 2.72 bits per heavy atom. The summed E-state index contributed by atoms with van der Waals surface area (Å²) in [6.45, 7) is 3.97. The molecule has 25 heavy (non-hydrogen) atoms. The molecule has 0 bridgehead atoms. The van der Waals surface area contributed by atoms with Crippen molar-refractivity contribution in [1.82, 2.24) is 20.2 Å². The number of anilines is 1. The predicted molar refractivity (Wildman–Crippen MR) is 94.4 cm³/mol. The van der Waals surface area contributed by atoms with Gasteiger partial charge in [-0.05, 0) is 65.7 Å². The molecular weight excluding hydrogens is 341 g/mol. The lowest BCUT2D eigenvalue weighted by Gasteiger charge is -2.08. The number of carbonyl (C=O) groups is 1. The molecule has 0 spiro atoms. The fourth-order valence-electron chi connectivity index (χ4n) is 2.23. The van der Waals surface area contributed by atoms with Crippen LogP contribution in [0.1, 0.15) is 11.1 Å². The van der Waals surface area contributed by atoms with E-state index in [-0.39, 0.29) is 17.5 Å². The number of thioether (sulfide) groups is 1. The number of rotatable bonds is 5. The summed E-state index contributed by atoms with van der Waals surface area (Å²) >= 11 is 1.23. The van der Waals surface area contributed by atoms with Gasteiger partial charge in [-0.1, -0.05) is 23.9 Å². The zero-order chi connectivity index (χ0) is 17.8. The molecule has 0 saturated heterocycles. The summed E-state index contributed by atoms with van der Waals surface area (Å²) in [5, 5.41) is 15.0. The molecule has 1 aromatic heterocycles. The van der Waals surface area contributed by atoms with E-state index in [1.165, 1.54) is 36.0 Å². The summed E-state index contributed by atoms with van der Waals surface area (Å²) in [7, 11) is 0. The van der Waals surface area contributed by atoms with E-state index >= 15 is 0 Å². The van der Waals surface area contributed by atoms with Gasteiger partial charge in [-0.2, -0.15) is 4.68 Å². The minimum atomic E-state index is -0.347. The highest BCUT2D eigenvalue weighted by Gasteiger charge is 2.13. The van der Waals surface area contributed by atoms with Crippen molar-refractivity contribution in [3.8, 4) is 5.69 Å². The lowest BCUT2D eigenvalue weighted by Crippen LogP contribution is -2.14. The molecule has 1 heterocycles. The molecule has 8 heteroatoms. The second kappa shape index (κ2) is 7.43. The average Bonchev–Trinajstić information content (AvgIpc) is 3.05. The van der Waals surface area contributed by atoms with E-state index in [0.717, 1.165) is 16.8 Å². The van der Waals surface area contributed by atoms with Crippen LogP contribution in [0.3, 0.4) is 0 Å². The number of aromatic nitrogens is 4. The number of tetrazole rings is 1. The Kier molecular flexibility index (Phi) is 5.08. The van der Waals surface area contributed by atoms with Crippen LogP contribution in [0.4, 0.5) is 10.1 Å². The quantitative estimate of drug-likeness (QED) is 0.710. The Morgan fingerprint density at radius 2 is 1.96 bits per heavy atom. The third-order valence-corrected chi connectivity index (χ3v) is 4.41. The minimum Gasteiger partial charge on any atom is -0.325 e. The zero-order valence-corrected chi connectivity index (χ0v) is 14.5. The lowest BCUT2D eigenvalue weighted by molar-refractivity contribution is -0.113. The standard InChI is InChI=1S/C17H16FN5OS/c1-11-3-4-12(2)15(9-11)23-17(20-21-22-23)25-10-16(24)19-14-7-5-13(18)6-8-14/h3-9H,10H2,1-2H3,(H,19,24). The highest BCUT2D eigenvalue weighted by atomic mass is 32.2. The molecule has 0 unspecified atom stereocenters. The number of hydrogen-bond acceptors (Lipinski definition) is 5. The van der Waals surface area contributed by atoms with Crippen molar-refractivity contribution in [2.45, 2.75) is 19.0 Å². The van der Waals surface area contributed by atoms with Crippen LogP contribution in [-0.4, -0.2) is 31.9 Å². The third kappa shape index (κ3) is 4.21. The summed E-state index contributed by atoms with van der Waals surface area (Å²) in [6.07, 6.45) is 0. The molecule has 0 aliphatic heterocycles. The molecule has 0 radical (unpaired) electrons. The first-order valence-electron chi connectivity index (χ1n) is 7.57. The van der Waals surface area contributed by atoms with Gasteiger partial charge in [0.15, 0.2) is 0 Å². The van der Waals surface area contributed by atoms with Gasteiger partial charge in [-0.3, -0.25) is 4.79 Å². The Morgan fingerprint density at radius 1 is 1.20 bits per heavy atom. The monoisotopic (exact) mass is 357 g/mol.